The van der Waals surface area contributed by atoms with Crippen LogP contribution in [0.2, 0.25) is 5.02 Å². The van der Waals surface area contributed by atoms with E-state index in [-0.39, 0.29) is 35.7 Å². The Morgan fingerprint density at radius 2 is 1.36 bits per heavy atom. The molecular weight excluding hydrogens is 1130 g/mol. The molecule has 2 atom stereocenters. The van der Waals surface area contributed by atoms with E-state index >= 15 is 0 Å². The van der Waals surface area contributed by atoms with Gasteiger partial charge in [0, 0.05) is 82.6 Å². The number of piperidine rings is 2. The molecule has 0 radical (unpaired) electrons. The lowest BCUT2D eigenvalue weighted by atomic mass is 9.83. The Bertz CT molecular complexity index is 3390. The molecule has 430 valence electrons. The number of likely N-dealkylation sites (N-methyl/N-ethyl adjacent to an activating group) is 1. The van der Waals surface area contributed by atoms with Gasteiger partial charge in [0.15, 0.2) is 0 Å². The molecule has 0 unspecified atom stereocenters. The molecule has 2 aliphatic heterocycles. The number of hydrogen-bond acceptors (Lipinski definition) is 14. The number of carboxylic acid groups (broad SMARTS) is 1. The Morgan fingerprint density at radius 3 is 1.96 bits per heavy atom. The maximum absolute atomic E-state index is 14.2. The average Bonchev–Trinajstić information content (AvgIpc) is 3.51. The quantitative estimate of drug-likeness (QED) is 0.0348. The van der Waals surface area contributed by atoms with Gasteiger partial charge in [-0.05, 0) is 171 Å². The summed E-state index contributed by atoms with van der Waals surface area (Å²) in [6, 6.07) is 36.5. The van der Waals surface area contributed by atoms with Crippen LogP contribution < -0.4 is 25.2 Å². The zero-order valence-corrected chi connectivity index (χ0v) is 47.3. The van der Waals surface area contributed by atoms with Crippen molar-refractivity contribution in [3.63, 3.8) is 0 Å². The summed E-state index contributed by atoms with van der Waals surface area (Å²) in [7, 11) is -9.34. The molecule has 0 saturated carbocycles. The Kier molecular flexibility index (Phi) is 19.8. The first-order chi connectivity index (χ1) is 38.6. The number of thioether (sulfide) groups is 1. The van der Waals surface area contributed by atoms with Gasteiger partial charge in [-0.3, -0.25) is 14.4 Å². The summed E-state index contributed by atoms with van der Waals surface area (Å²) in [5, 5.41) is 37.3. The highest BCUT2D eigenvalue weighted by molar-refractivity contribution is 7.99. The summed E-state index contributed by atoms with van der Waals surface area (Å²) in [5.41, 5.74) is -1.84. The Morgan fingerprint density at radius 1 is 0.753 bits per heavy atom. The summed E-state index contributed by atoms with van der Waals surface area (Å²) >= 11 is 7.61. The summed E-state index contributed by atoms with van der Waals surface area (Å²) in [6.07, 6.45) is 1.47. The number of sulfonamides is 1. The minimum atomic E-state index is -6.14. The third-order valence-corrected chi connectivity index (χ3v) is 18.9. The maximum Gasteiger partial charge on any atom is 0.501 e. The van der Waals surface area contributed by atoms with Gasteiger partial charge in [-0.15, -0.1) is 11.8 Å². The van der Waals surface area contributed by atoms with Crippen LogP contribution in [0.3, 0.4) is 0 Å². The van der Waals surface area contributed by atoms with Gasteiger partial charge in [0.1, 0.15) is 4.90 Å². The summed E-state index contributed by atoms with van der Waals surface area (Å²) < 4.78 is 98.0. The molecule has 0 aromatic heterocycles. The number of nitrogens with one attached hydrogen (secondary N) is 3. The number of carboxylic acids is 1. The number of sulfone groups is 1. The van der Waals surface area contributed by atoms with Crippen LogP contribution in [-0.2, 0) is 24.7 Å². The Balaban J connectivity index is 0.923. The van der Waals surface area contributed by atoms with Gasteiger partial charge in [-0.1, -0.05) is 48.0 Å². The van der Waals surface area contributed by atoms with E-state index in [0.717, 1.165) is 33.8 Å². The van der Waals surface area contributed by atoms with E-state index < -0.39 is 64.9 Å². The molecule has 16 nitrogen and oxygen atoms in total. The number of hydrogen-bond donors (Lipinski definition) is 6. The number of anilines is 4. The van der Waals surface area contributed by atoms with Crippen LogP contribution in [0.5, 0.6) is 0 Å². The molecule has 6 N–H and O–H groups in total. The van der Waals surface area contributed by atoms with E-state index in [9.17, 15) is 59.7 Å². The number of aliphatic hydroxyl groups excluding tert-OH is 2. The molecule has 23 heteroatoms. The largest absolute Gasteiger partial charge is 0.501 e. The highest BCUT2D eigenvalue weighted by atomic mass is 35.5. The topological polar surface area (TPSA) is 226 Å². The van der Waals surface area contributed by atoms with Gasteiger partial charge in [0.25, 0.3) is 31.7 Å². The lowest BCUT2D eigenvalue weighted by Gasteiger charge is -2.36. The lowest BCUT2D eigenvalue weighted by molar-refractivity contribution is -0.142. The molecule has 81 heavy (non-hydrogen) atoms. The second-order valence-corrected chi connectivity index (χ2v) is 25.2. The normalized spacial score (nSPS) is 15.5. The Hall–Kier alpha value is -6.66. The number of carbonyl (C=O) groups is 3. The molecular formula is C58H62ClF3N6O10S3. The highest BCUT2D eigenvalue weighted by Gasteiger charge is 2.48. The van der Waals surface area contributed by atoms with Gasteiger partial charge in [0.2, 0.25) is 0 Å². The fraction of sp³-hybridized carbons (Fsp3) is 0.328. The van der Waals surface area contributed by atoms with Gasteiger partial charge in [-0.25, -0.2) is 21.6 Å². The number of rotatable bonds is 22. The molecule has 2 amide bonds. The summed E-state index contributed by atoms with van der Waals surface area (Å²) in [5.74, 6) is -2.60. The van der Waals surface area contributed by atoms with E-state index in [1.807, 2.05) is 64.2 Å². The highest BCUT2D eigenvalue weighted by Crippen LogP contribution is 2.40. The smallest absolute Gasteiger partial charge is 0.481 e. The Labute approximate surface area is 478 Å². The molecule has 2 saturated heterocycles. The van der Waals surface area contributed by atoms with Crippen molar-refractivity contribution in [3.05, 3.63) is 161 Å². The maximum atomic E-state index is 14.2. The first kappa shape index (κ1) is 60.4. The number of halogens is 4. The van der Waals surface area contributed by atoms with E-state index in [2.05, 4.69) is 15.5 Å². The van der Waals surface area contributed by atoms with Crippen LogP contribution in [-0.4, -0.2) is 125 Å². The number of carbonyl (C=O) groups excluding carboxylic acids is 2. The monoisotopic (exact) mass is 1190 g/mol. The first-order valence-corrected chi connectivity index (χ1v) is 30.5. The van der Waals surface area contributed by atoms with Crippen molar-refractivity contribution < 1.29 is 59.7 Å². The van der Waals surface area contributed by atoms with Crippen molar-refractivity contribution in [1.82, 2.24) is 9.62 Å². The van der Waals surface area contributed by atoms with Crippen molar-refractivity contribution in [1.29, 1.82) is 0 Å². The predicted octanol–water partition coefficient (Wildman–Crippen LogP) is 9.81. The summed E-state index contributed by atoms with van der Waals surface area (Å²) in [6.45, 7) is 2.75. The third kappa shape index (κ3) is 15.3. The van der Waals surface area contributed by atoms with Crippen LogP contribution >= 0.6 is 23.4 Å². The van der Waals surface area contributed by atoms with Gasteiger partial charge < -0.3 is 40.7 Å². The SMILES string of the molecule is CN(CCO)CC[C@H](CSc1ccccc1)Nc1ccc(S(=O)(=O)NC(=O)c2ccc(N3CCC([C@H](O)c4cc(C(=O)Nc5ccc(N6CCC(C(=O)O)CC6)cc5)ccc4-c4ccc(Cl)cc4)CC3)cc2)cc1S(=O)(=O)C(F)(F)F. The third-order valence-electron chi connectivity index (χ3n) is 14.6. The molecule has 0 aliphatic carbocycles. The lowest BCUT2D eigenvalue weighted by Crippen LogP contribution is -2.36. The van der Waals surface area contributed by atoms with Gasteiger partial charge in [0.05, 0.1) is 29.2 Å². The van der Waals surface area contributed by atoms with E-state index in [1.54, 1.807) is 66.5 Å². The molecule has 6 aromatic rings. The van der Waals surface area contributed by atoms with E-state index in [0.29, 0.717) is 105 Å². The van der Waals surface area contributed by atoms with E-state index in [1.165, 1.54) is 23.9 Å². The standard InChI is InChI=1S/C58H62ClF3N6O10S3/c1-66(33-34-69)28-27-45(37-79-48-5-3-2-4-6-48)63-52-22-20-49(36-53(52)80(75,76)58(60,61)62)81(77,78)65-56(72)40-9-16-46(17-10-40)67-29-23-39(24-30-67)54(70)51-35-42(11-21-50(51)38-7-12-43(59)13-8-38)55(71)64-44-14-18-47(19-15-44)68-31-25-41(26-32-68)57(73)74/h2-22,35-36,39,41,45,54,63,69-70H,23-34,37H2,1H3,(H,64,71)(H,65,72)(H,73,74)/t45-,54+/m1/s1. The van der Waals surface area contributed by atoms with Crippen LogP contribution in [0, 0.1) is 11.8 Å². The molecule has 0 spiro atoms. The van der Waals surface area contributed by atoms with Crippen molar-refractivity contribution in [2.24, 2.45) is 11.8 Å². The summed E-state index contributed by atoms with van der Waals surface area (Å²) in [4.78, 5) is 43.2. The molecule has 2 aliphatic rings. The van der Waals surface area contributed by atoms with Crippen molar-refractivity contribution in [3.8, 4) is 11.1 Å². The van der Waals surface area contributed by atoms with Crippen LogP contribution in [0.4, 0.5) is 35.9 Å². The molecule has 0 bridgehead atoms. The van der Waals surface area contributed by atoms with Crippen molar-refractivity contribution in [2.45, 2.75) is 64.4 Å². The van der Waals surface area contributed by atoms with Gasteiger partial charge in [-0.2, -0.15) is 13.2 Å². The van der Waals surface area contributed by atoms with Crippen LogP contribution in [0.15, 0.2) is 154 Å². The van der Waals surface area contributed by atoms with Gasteiger partial charge >= 0.3 is 11.5 Å². The number of alkyl halides is 3. The molecule has 2 fully saturated rings. The number of amides is 2. The number of aliphatic carboxylic acids is 1. The first-order valence-electron chi connectivity index (χ1n) is 26.2. The molecule has 6 aromatic carbocycles. The zero-order chi connectivity index (χ0) is 58.1. The van der Waals surface area contributed by atoms with Crippen LogP contribution in [0.25, 0.3) is 11.1 Å². The fourth-order valence-corrected chi connectivity index (χ4v) is 13.0. The molecule has 8 rings (SSSR count). The fourth-order valence-electron chi connectivity index (χ4n) is 9.90. The number of nitrogens with zero attached hydrogens (tertiary/aromatic N) is 3. The molecule has 2 heterocycles. The van der Waals surface area contributed by atoms with Crippen LogP contribution in [0.1, 0.15) is 64.5 Å². The minimum Gasteiger partial charge on any atom is -0.481 e. The average molecular weight is 1190 g/mol. The van der Waals surface area contributed by atoms with E-state index in [4.69, 9.17) is 11.6 Å². The minimum absolute atomic E-state index is 0.107. The second kappa shape index (κ2) is 26.5. The predicted molar refractivity (Wildman–Crippen MR) is 308 cm³/mol. The number of benzene rings is 6. The second-order valence-electron chi connectivity index (χ2n) is 20.0. The van der Waals surface area contributed by atoms with Crippen molar-refractivity contribution in [2.75, 3.05) is 79.1 Å². The zero-order valence-electron chi connectivity index (χ0n) is 44.1. The van der Waals surface area contributed by atoms with Crippen molar-refractivity contribution >= 4 is 83.8 Å². The number of aliphatic hydroxyl groups is 2.